The van der Waals surface area contributed by atoms with Crippen molar-refractivity contribution >= 4 is 15.7 Å². The summed E-state index contributed by atoms with van der Waals surface area (Å²) in [7, 11) is -2.89. The first-order valence-electron chi connectivity index (χ1n) is 8.60. The van der Waals surface area contributed by atoms with E-state index in [1.807, 2.05) is 23.1 Å². The topological polar surface area (TPSA) is 101 Å². The van der Waals surface area contributed by atoms with Crippen molar-refractivity contribution < 1.29 is 13.2 Å². The highest BCUT2D eigenvalue weighted by Gasteiger charge is 2.34. The molecular weight excluding hydrogens is 356 g/mol. The largest absolute Gasteiger partial charge is 0.336 e. The van der Waals surface area contributed by atoms with E-state index in [2.05, 4.69) is 20.4 Å². The van der Waals surface area contributed by atoms with Crippen molar-refractivity contribution in [2.75, 3.05) is 37.7 Å². The van der Waals surface area contributed by atoms with Gasteiger partial charge in [-0.05, 0) is 29.0 Å². The Bertz CT molecular complexity index is 890. The molecule has 4 rings (SSSR count). The molecule has 3 heterocycles. The minimum atomic E-state index is -2.89. The lowest BCUT2D eigenvalue weighted by Gasteiger charge is -2.37. The predicted octanol–water partition coefficient (Wildman–Crippen LogP) is -0.393. The third-order valence-corrected chi connectivity index (χ3v) is 6.81. The van der Waals surface area contributed by atoms with Crippen molar-refractivity contribution in [3.05, 3.63) is 36.2 Å². The van der Waals surface area contributed by atoms with E-state index in [0.717, 1.165) is 0 Å². The van der Waals surface area contributed by atoms with Gasteiger partial charge in [-0.3, -0.25) is 9.69 Å². The van der Waals surface area contributed by atoms with Crippen molar-refractivity contribution in [1.29, 1.82) is 0 Å². The maximum absolute atomic E-state index is 13.0. The van der Waals surface area contributed by atoms with Crippen LogP contribution in [-0.4, -0.2) is 88.1 Å². The molecule has 0 N–H and O–H groups in total. The molecule has 2 aliphatic rings. The second-order valence-electron chi connectivity index (χ2n) is 6.66. The Labute approximate surface area is 151 Å². The second-order valence-corrected chi connectivity index (χ2v) is 8.89. The van der Waals surface area contributed by atoms with Crippen LogP contribution in [0.15, 0.2) is 30.6 Å². The van der Waals surface area contributed by atoms with Crippen LogP contribution in [0.4, 0.5) is 0 Å². The molecule has 0 bridgehead atoms. The van der Waals surface area contributed by atoms with Crippen LogP contribution in [0, 0.1) is 0 Å². The average Bonchev–Trinajstić information content (AvgIpc) is 3.31. The van der Waals surface area contributed by atoms with Crippen LogP contribution < -0.4 is 0 Å². The molecule has 0 saturated carbocycles. The molecule has 2 saturated heterocycles. The van der Waals surface area contributed by atoms with Crippen molar-refractivity contribution in [3.8, 4) is 5.69 Å². The number of carbonyl (C=O) groups is 1. The van der Waals surface area contributed by atoms with Gasteiger partial charge in [0, 0.05) is 32.2 Å². The number of benzene rings is 1. The summed E-state index contributed by atoms with van der Waals surface area (Å²) >= 11 is 0. The van der Waals surface area contributed by atoms with Crippen molar-refractivity contribution in [2.45, 2.75) is 12.5 Å². The molecule has 2 aromatic rings. The van der Waals surface area contributed by atoms with Gasteiger partial charge < -0.3 is 4.90 Å². The number of sulfone groups is 1. The van der Waals surface area contributed by atoms with E-state index in [9.17, 15) is 13.2 Å². The van der Waals surface area contributed by atoms with E-state index in [4.69, 9.17) is 0 Å². The number of tetrazole rings is 1. The summed E-state index contributed by atoms with van der Waals surface area (Å²) in [5, 5.41) is 11.1. The number of amides is 1. The van der Waals surface area contributed by atoms with Gasteiger partial charge >= 0.3 is 0 Å². The minimum Gasteiger partial charge on any atom is -0.336 e. The van der Waals surface area contributed by atoms with E-state index < -0.39 is 9.84 Å². The summed E-state index contributed by atoms with van der Waals surface area (Å²) in [4.78, 5) is 17.0. The third-order valence-electron chi connectivity index (χ3n) is 5.06. The summed E-state index contributed by atoms with van der Waals surface area (Å²) in [6.45, 7) is 2.55. The summed E-state index contributed by atoms with van der Waals surface area (Å²) in [5.74, 6) is 0.453. The lowest BCUT2D eigenvalue weighted by Crippen LogP contribution is -2.52. The molecule has 138 valence electrons. The summed E-state index contributed by atoms with van der Waals surface area (Å²) in [6, 6.07) is 7.33. The van der Waals surface area contributed by atoms with Crippen LogP contribution in [0.1, 0.15) is 16.8 Å². The van der Waals surface area contributed by atoms with Crippen LogP contribution in [0.2, 0.25) is 0 Å². The molecule has 10 heteroatoms. The van der Waals surface area contributed by atoms with Gasteiger partial charge in [-0.1, -0.05) is 12.1 Å². The minimum absolute atomic E-state index is 0.0604. The van der Waals surface area contributed by atoms with Crippen molar-refractivity contribution in [2.24, 2.45) is 0 Å². The molecule has 26 heavy (non-hydrogen) atoms. The Balaban J connectivity index is 1.45. The monoisotopic (exact) mass is 376 g/mol. The van der Waals surface area contributed by atoms with Crippen LogP contribution in [-0.2, 0) is 9.84 Å². The molecule has 1 aromatic heterocycles. The smallest absolute Gasteiger partial charge is 0.256 e. The number of hydrogen-bond donors (Lipinski definition) is 0. The van der Waals surface area contributed by atoms with Gasteiger partial charge in [0.25, 0.3) is 5.91 Å². The van der Waals surface area contributed by atoms with Crippen molar-refractivity contribution in [3.63, 3.8) is 0 Å². The lowest BCUT2D eigenvalue weighted by molar-refractivity contribution is 0.0587. The summed E-state index contributed by atoms with van der Waals surface area (Å²) in [5.41, 5.74) is 1.20. The zero-order chi connectivity index (χ0) is 18.1. The molecule has 1 atom stereocenters. The maximum Gasteiger partial charge on any atom is 0.256 e. The molecule has 1 unspecified atom stereocenters. The molecule has 9 nitrogen and oxygen atoms in total. The Hall–Kier alpha value is -2.33. The number of para-hydroxylation sites is 1. The highest BCUT2D eigenvalue weighted by Crippen LogP contribution is 2.21. The number of rotatable bonds is 3. The van der Waals surface area contributed by atoms with Crippen LogP contribution in [0.25, 0.3) is 5.69 Å². The molecule has 1 aromatic carbocycles. The Morgan fingerprint density at radius 2 is 1.88 bits per heavy atom. The zero-order valence-corrected chi connectivity index (χ0v) is 15.0. The molecular formula is C16H20N6O3S. The van der Waals surface area contributed by atoms with E-state index in [0.29, 0.717) is 43.9 Å². The van der Waals surface area contributed by atoms with E-state index in [1.54, 1.807) is 6.07 Å². The summed E-state index contributed by atoms with van der Waals surface area (Å²) in [6.07, 6.45) is 2.16. The highest BCUT2D eigenvalue weighted by molar-refractivity contribution is 7.91. The fraction of sp³-hybridized carbons (Fsp3) is 0.500. The van der Waals surface area contributed by atoms with Crippen LogP contribution in [0.5, 0.6) is 0 Å². The van der Waals surface area contributed by atoms with Gasteiger partial charge in [0.1, 0.15) is 6.33 Å². The Morgan fingerprint density at radius 1 is 1.12 bits per heavy atom. The van der Waals surface area contributed by atoms with Gasteiger partial charge in [0.2, 0.25) is 0 Å². The van der Waals surface area contributed by atoms with Crippen LogP contribution >= 0.6 is 0 Å². The third kappa shape index (κ3) is 3.34. The fourth-order valence-electron chi connectivity index (χ4n) is 3.65. The second kappa shape index (κ2) is 6.76. The van der Waals surface area contributed by atoms with Gasteiger partial charge in [0.05, 0.1) is 22.8 Å². The average molecular weight is 376 g/mol. The Morgan fingerprint density at radius 3 is 2.54 bits per heavy atom. The van der Waals surface area contributed by atoms with Gasteiger partial charge in [0.15, 0.2) is 9.84 Å². The molecule has 0 aliphatic carbocycles. The maximum atomic E-state index is 13.0. The molecule has 1 amide bonds. The molecule has 2 aliphatic heterocycles. The predicted molar refractivity (Wildman–Crippen MR) is 93.7 cm³/mol. The SMILES string of the molecule is O=C(c1ccccc1-n1cnnn1)N1CCN(C2CCS(=O)(=O)C2)CC1. The highest BCUT2D eigenvalue weighted by atomic mass is 32.2. The first-order valence-corrected chi connectivity index (χ1v) is 10.4. The lowest BCUT2D eigenvalue weighted by atomic mass is 10.1. The van der Waals surface area contributed by atoms with Gasteiger partial charge in [-0.2, -0.15) is 4.68 Å². The van der Waals surface area contributed by atoms with E-state index in [-0.39, 0.29) is 23.5 Å². The van der Waals surface area contributed by atoms with Gasteiger partial charge in [-0.25, -0.2) is 8.42 Å². The first kappa shape index (κ1) is 17.1. The standard InChI is InChI=1S/C16H20N6O3S/c23-16(14-3-1-2-4-15(14)22-12-17-18-19-22)21-8-6-20(7-9-21)13-5-10-26(24,25)11-13/h1-4,12-13H,5-11H2. The quantitative estimate of drug-likeness (QED) is 0.719. The number of aromatic nitrogens is 4. The Kier molecular flexibility index (Phi) is 4.45. The van der Waals surface area contributed by atoms with Crippen molar-refractivity contribution in [1.82, 2.24) is 30.0 Å². The van der Waals surface area contributed by atoms with Gasteiger partial charge in [-0.15, -0.1) is 5.10 Å². The first-order chi connectivity index (χ1) is 12.5. The number of carbonyl (C=O) groups excluding carboxylic acids is 1. The number of nitrogens with zero attached hydrogens (tertiary/aromatic N) is 6. The zero-order valence-electron chi connectivity index (χ0n) is 14.2. The molecule has 2 fully saturated rings. The fourth-order valence-corrected chi connectivity index (χ4v) is 5.41. The van der Waals surface area contributed by atoms with E-state index >= 15 is 0 Å². The molecule has 0 radical (unpaired) electrons. The number of hydrogen-bond acceptors (Lipinski definition) is 7. The normalized spacial score (nSPS) is 23.2. The number of piperazine rings is 1. The van der Waals surface area contributed by atoms with Crippen LogP contribution in [0.3, 0.4) is 0 Å². The van der Waals surface area contributed by atoms with E-state index in [1.165, 1.54) is 11.0 Å². The summed E-state index contributed by atoms with van der Waals surface area (Å²) < 4.78 is 24.8. The molecule has 0 spiro atoms.